The molecule has 0 saturated heterocycles. The molecule has 0 bridgehead atoms. The SMILES string of the molecule is [B]N(/C(C=C)=C/C=C)C(/C=C\C=C/C)=C/C. The summed E-state index contributed by atoms with van der Waals surface area (Å²) < 4.78 is 0. The van der Waals surface area contributed by atoms with E-state index < -0.39 is 0 Å². The Morgan fingerprint density at radius 2 is 1.81 bits per heavy atom. The van der Waals surface area contributed by atoms with E-state index in [0.717, 1.165) is 11.4 Å². The molecular weight excluding hydrogens is 193 g/mol. The lowest BCUT2D eigenvalue weighted by molar-refractivity contribution is 0.726. The van der Waals surface area contributed by atoms with Crippen molar-refractivity contribution in [3.05, 3.63) is 73.2 Å². The van der Waals surface area contributed by atoms with Crippen molar-refractivity contribution in [3.63, 3.8) is 0 Å². The van der Waals surface area contributed by atoms with Gasteiger partial charge in [0.05, 0.1) is 0 Å². The van der Waals surface area contributed by atoms with Crippen LogP contribution in [0, 0.1) is 0 Å². The standard InChI is InChI=1S/C14H18BN/c1-5-9-10-12-14(8-4)16(15)13(7-3)11-6-2/h5-12H,2-3H2,1,4H3/b9-5-,12-10-,13-11+,14-8+. The van der Waals surface area contributed by atoms with E-state index in [0.29, 0.717) is 0 Å². The van der Waals surface area contributed by atoms with Crippen molar-refractivity contribution in [2.45, 2.75) is 13.8 Å². The number of hydrogen-bond acceptors (Lipinski definition) is 1. The van der Waals surface area contributed by atoms with E-state index in [1.807, 2.05) is 44.2 Å². The van der Waals surface area contributed by atoms with Gasteiger partial charge in [-0.25, -0.2) is 0 Å². The summed E-state index contributed by atoms with van der Waals surface area (Å²) in [6.45, 7) is 11.2. The molecule has 0 fully saturated rings. The van der Waals surface area contributed by atoms with Crippen LogP contribution in [0.1, 0.15) is 13.8 Å². The normalized spacial score (nSPS) is 13.4. The van der Waals surface area contributed by atoms with Gasteiger partial charge in [0.15, 0.2) is 0 Å². The second-order valence-electron chi connectivity index (χ2n) is 3.00. The molecule has 82 valence electrons. The van der Waals surface area contributed by atoms with Gasteiger partial charge in [-0.15, -0.1) is 0 Å². The summed E-state index contributed by atoms with van der Waals surface area (Å²) in [5, 5.41) is 0. The molecule has 0 aromatic rings. The van der Waals surface area contributed by atoms with Gasteiger partial charge in [0.1, 0.15) is 0 Å². The predicted octanol–water partition coefficient (Wildman–Crippen LogP) is 3.66. The average molecular weight is 211 g/mol. The molecule has 0 aliphatic heterocycles. The predicted molar refractivity (Wildman–Crippen MR) is 73.8 cm³/mol. The van der Waals surface area contributed by atoms with Crippen LogP contribution in [-0.2, 0) is 0 Å². The Labute approximate surface area is 100 Å². The summed E-state index contributed by atoms with van der Waals surface area (Å²) in [5.74, 6) is 0. The van der Waals surface area contributed by atoms with Gasteiger partial charge in [-0.3, -0.25) is 0 Å². The molecule has 0 N–H and O–H groups in total. The Hall–Kier alpha value is -1.70. The van der Waals surface area contributed by atoms with E-state index in [4.69, 9.17) is 7.98 Å². The van der Waals surface area contributed by atoms with Crippen molar-refractivity contribution in [2.24, 2.45) is 0 Å². The van der Waals surface area contributed by atoms with Gasteiger partial charge in [0.25, 0.3) is 0 Å². The lowest BCUT2D eigenvalue weighted by Crippen LogP contribution is -2.16. The van der Waals surface area contributed by atoms with E-state index in [1.54, 1.807) is 23.0 Å². The second kappa shape index (κ2) is 8.60. The smallest absolute Gasteiger partial charge is 0.234 e. The van der Waals surface area contributed by atoms with Gasteiger partial charge in [-0.2, -0.15) is 0 Å². The maximum Gasteiger partial charge on any atom is 0.234 e. The highest BCUT2D eigenvalue weighted by Gasteiger charge is 2.01. The van der Waals surface area contributed by atoms with Crippen LogP contribution in [0.5, 0.6) is 0 Å². The first-order valence-electron chi connectivity index (χ1n) is 5.16. The lowest BCUT2D eigenvalue weighted by atomic mass is 10.1. The van der Waals surface area contributed by atoms with Crippen LogP contribution in [0.3, 0.4) is 0 Å². The Kier molecular flexibility index (Phi) is 7.69. The van der Waals surface area contributed by atoms with Gasteiger partial charge in [-0.1, -0.05) is 43.5 Å². The fourth-order valence-electron chi connectivity index (χ4n) is 1.10. The summed E-state index contributed by atoms with van der Waals surface area (Å²) in [7, 11) is 5.95. The third kappa shape index (κ3) is 4.69. The molecule has 0 aromatic heterocycles. The quantitative estimate of drug-likeness (QED) is 0.478. The molecule has 2 radical (unpaired) electrons. The van der Waals surface area contributed by atoms with Crippen LogP contribution in [0.25, 0.3) is 0 Å². The Bertz CT molecular complexity index is 346. The molecule has 0 saturated carbocycles. The van der Waals surface area contributed by atoms with Crippen molar-refractivity contribution in [2.75, 3.05) is 0 Å². The highest BCUT2D eigenvalue weighted by Crippen LogP contribution is 2.12. The molecule has 0 aliphatic carbocycles. The molecule has 0 aromatic carbocycles. The minimum Gasteiger partial charge on any atom is -0.398 e. The molecular formula is C14H18BN. The minimum absolute atomic E-state index is 0.799. The van der Waals surface area contributed by atoms with Crippen molar-refractivity contribution in [1.82, 2.24) is 4.81 Å². The molecule has 0 rings (SSSR count). The minimum atomic E-state index is 0.799. The summed E-state index contributed by atoms with van der Waals surface area (Å²) >= 11 is 0. The number of nitrogens with zero attached hydrogens (tertiary/aromatic N) is 1. The molecule has 0 atom stereocenters. The van der Waals surface area contributed by atoms with Crippen molar-refractivity contribution < 1.29 is 0 Å². The van der Waals surface area contributed by atoms with Crippen LogP contribution in [0.2, 0.25) is 0 Å². The van der Waals surface area contributed by atoms with Crippen molar-refractivity contribution >= 4 is 7.98 Å². The zero-order valence-electron chi connectivity index (χ0n) is 10.1. The summed E-state index contributed by atoms with van der Waals surface area (Å²) in [6.07, 6.45) is 14.9. The first kappa shape index (κ1) is 14.3. The average Bonchev–Trinajstić information content (AvgIpc) is 2.31. The maximum atomic E-state index is 5.95. The fourth-order valence-corrected chi connectivity index (χ4v) is 1.10. The molecule has 1 nitrogen and oxygen atoms in total. The first-order chi connectivity index (χ1) is 7.71. The summed E-state index contributed by atoms with van der Waals surface area (Å²) in [5.41, 5.74) is 1.69. The van der Waals surface area contributed by atoms with Gasteiger partial charge < -0.3 is 4.81 Å². The molecule has 16 heavy (non-hydrogen) atoms. The van der Waals surface area contributed by atoms with E-state index in [-0.39, 0.29) is 0 Å². The van der Waals surface area contributed by atoms with Crippen molar-refractivity contribution in [1.29, 1.82) is 0 Å². The maximum absolute atomic E-state index is 5.95. The molecule has 0 spiro atoms. The van der Waals surface area contributed by atoms with Crippen LogP contribution in [0.15, 0.2) is 73.2 Å². The summed E-state index contributed by atoms with van der Waals surface area (Å²) in [4.78, 5) is 1.56. The van der Waals surface area contributed by atoms with E-state index in [2.05, 4.69) is 13.2 Å². The molecule has 2 heteroatoms. The van der Waals surface area contributed by atoms with E-state index in [1.165, 1.54) is 0 Å². The molecule has 0 heterocycles. The lowest BCUT2D eigenvalue weighted by Gasteiger charge is -2.22. The van der Waals surface area contributed by atoms with Crippen LogP contribution in [0.4, 0.5) is 0 Å². The molecule has 0 amide bonds. The Morgan fingerprint density at radius 3 is 2.25 bits per heavy atom. The first-order valence-corrected chi connectivity index (χ1v) is 5.16. The van der Waals surface area contributed by atoms with E-state index >= 15 is 0 Å². The number of hydrogen-bond donors (Lipinski definition) is 0. The Morgan fingerprint density at radius 1 is 1.12 bits per heavy atom. The number of allylic oxidation sites excluding steroid dienone is 8. The highest BCUT2D eigenvalue weighted by molar-refractivity contribution is 6.07. The van der Waals surface area contributed by atoms with Gasteiger partial charge in [-0.05, 0) is 32.1 Å². The van der Waals surface area contributed by atoms with Gasteiger partial charge >= 0.3 is 0 Å². The number of rotatable bonds is 6. The second-order valence-corrected chi connectivity index (χ2v) is 3.00. The zero-order valence-corrected chi connectivity index (χ0v) is 10.1. The summed E-state index contributed by atoms with van der Waals surface area (Å²) in [6, 6.07) is 0. The largest absolute Gasteiger partial charge is 0.398 e. The fraction of sp³-hybridized carbons (Fsp3) is 0.143. The van der Waals surface area contributed by atoms with E-state index in [9.17, 15) is 0 Å². The molecule has 0 aliphatic rings. The Balaban J connectivity index is 4.91. The highest BCUT2D eigenvalue weighted by atomic mass is 15.0. The van der Waals surface area contributed by atoms with Crippen LogP contribution in [-0.4, -0.2) is 12.8 Å². The zero-order chi connectivity index (χ0) is 12.4. The van der Waals surface area contributed by atoms with Gasteiger partial charge in [0, 0.05) is 11.4 Å². The third-order valence-electron chi connectivity index (χ3n) is 1.92. The topological polar surface area (TPSA) is 3.24 Å². The van der Waals surface area contributed by atoms with Crippen LogP contribution < -0.4 is 0 Å². The third-order valence-corrected chi connectivity index (χ3v) is 1.92. The monoisotopic (exact) mass is 211 g/mol. The molecule has 0 unspecified atom stereocenters. The van der Waals surface area contributed by atoms with Crippen LogP contribution >= 0.6 is 0 Å². The van der Waals surface area contributed by atoms with Gasteiger partial charge in [0.2, 0.25) is 7.98 Å². The van der Waals surface area contributed by atoms with Crippen molar-refractivity contribution in [3.8, 4) is 0 Å².